The molecule has 160 valence electrons. The largest absolute Gasteiger partial charge is 0.393 e. The molecule has 1 aromatic rings. The van der Waals surface area contributed by atoms with Gasteiger partial charge in [0.05, 0.1) is 11.7 Å². The zero-order valence-corrected chi connectivity index (χ0v) is 17.8. The van der Waals surface area contributed by atoms with Crippen LogP contribution in [0.4, 0.5) is 5.95 Å². The molecule has 0 bridgehead atoms. The number of nitrogens with one attached hydrogen (secondary N) is 2. The lowest BCUT2D eigenvalue weighted by Crippen LogP contribution is -2.62. The lowest BCUT2D eigenvalue weighted by molar-refractivity contribution is -0.206. The van der Waals surface area contributed by atoms with Crippen molar-refractivity contribution in [2.24, 2.45) is 39.6 Å². The van der Waals surface area contributed by atoms with Crippen molar-refractivity contribution >= 4 is 12.2 Å². The van der Waals surface area contributed by atoms with Gasteiger partial charge >= 0.3 is 0 Å². The van der Waals surface area contributed by atoms with Crippen LogP contribution in [-0.2, 0) is 0 Å². The number of fused-ring (bicyclic) bond motifs is 5. The average Bonchev–Trinajstić information content (AvgIpc) is 3.30. The summed E-state index contributed by atoms with van der Waals surface area (Å²) in [5, 5.41) is 26.8. The number of aromatic amines is 1. The van der Waals surface area contributed by atoms with E-state index >= 15 is 0 Å². The molecule has 1 heterocycles. The Morgan fingerprint density at radius 2 is 2.00 bits per heavy atom. The fourth-order valence-electron chi connectivity index (χ4n) is 8.00. The van der Waals surface area contributed by atoms with Gasteiger partial charge in [-0.25, -0.2) is 10.4 Å². The number of imidazole rings is 1. The van der Waals surface area contributed by atoms with Crippen molar-refractivity contribution in [3.63, 3.8) is 0 Å². The number of anilines is 1. The highest BCUT2D eigenvalue weighted by molar-refractivity contribution is 5.64. The van der Waals surface area contributed by atoms with Crippen molar-refractivity contribution in [2.75, 3.05) is 5.43 Å². The molecular weight excluding hydrogens is 364 g/mol. The van der Waals surface area contributed by atoms with Crippen LogP contribution in [-0.4, -0.2) is 38.1 Å². The maximum atomic E-state index is 12.1. The topological polar surface area (TPSA) is 93.5 Å². The first kappa shape index (κ1) is 19.6. The van der Waals surface area contributed by atoms with Crippen LogP contribution in [0.1, 0.15) is 71.6 Å². The highest BCUT2D eigenvalue weighted by Gasteiger charge is 2.66. The fourth-order valence-corrected chi connectivity index (χ4v) is 8.00. The Kier molecular flexibility index (Phi) is 4.59. The standard InChI is InChI=1S/C23H36N4O2/c1-21-8-6-17(28)13-15(21)3-4-19-18(21)7-9-22(2)16(5-10-23(19,22)29)14-26-27-20-24-11-12-25-20/h11-12,14-19,28-29H,3-10,13H2,1-2H3,(H2,24,25,27)/b26-14+/t15-,16-,17+,18+,19-,21+,22-,23+/m1/s1. The summed E-state index contributed by atoms with van der Waals surface area (Å²) >= 11 is 0. The first-order chi connectivity index (χ1) is 13.9. The maximum Gasteiger partial charge on any atom is 0.220 e. The molecule has 6 nitrogen and oxygen atoms in total. The second-order valence-corrected chi connectivity index (χ2v) is 10.8. The normalized spacial score (nSPS) is 49.4. The third-order valence-electron chi connectivity index (χ3n) is 9.82. The van der Waals surface area contributed by atoms with Gasteiger partial charge in [0.1, 0.15) is 0 Å². The molecule has 0 saturated heterocycles. The number of nitrogens with zero attached hydrogens (tertiary/aromatic N) is 2. The first-order valence-corrected chi connectivity index (χ1v) is 11.6. The lowest BCUT2D eigenvalue weighted by Gasteiger charge is -2.63. The number of rotatable bonds is 3. The van der Waals surface area contributed by atoms with Crippen LogP contribution in [0.15, 0.2) is 17.5 Å². The number of hydrazone groups is 1. The molecule has 6 heteroatoms. The summed E-state index contributed by atoms with van der Waals surface area (Å²) in [5.74, 6) is 2.53. The predicted octanol–water partition coefficient (Wildman–Crippen LogP) is 3.94. The maximum absolute atomic E-state index is 12.1. The van der Waals surface area contributed by atoms with Gasteiger partial charge in [0, 0.05) is 29.9 Å². The second kappa shape index (κ2) is 6.81. The smallest absolute Gasteiger partial charge is 0.220 e. The summed E-state index contributed by atoms with van der Waals surface area (Å²) in [7, 11) is 0. The van der Waals surface area contributed by atoms with Gasteiger partial charge in [-0.15, -0.1) is 0 Å². The zero-order valence-electron chi connectivity index (χ0n) is 17.8. The number of hydrogen-bond acceptors (Lipinski definition) is 5. The summed E-state index contributed by atoms with van der Waals surface area (Å²) in [6, 6.07) is 0. The minimum Gasteiger partial charge on any atom is -0.393 e. The molecule has 4 fully saturated rings. The zero-order chi connectivity index (χ0) is 20.3. The van der Waals surface area contributed by atoms with E-state index in [2.05, 4.69) is 34.3 Å². The Balaban J connectivity index is 1.37. The van der Waals surface area contributed by atoms with Crippen molar-refractivity contribution in [1.82, 2.24) is 9.97 Å². The number of aliphatic hydroxyl groups excluding tert-OH is 1. The number of aliphatic hydroxyl groups is 2. The molecule has 0 aliphatic heterocycles. The summed E-state index contributed by atoms with van der Waals surface area (Å²) < 4.78 is 0. The number of H-pyrrole nitrogens is 1. The summed E-state index contributed by atoms with van der Waals surface area (Å²) in [6.07, 6.45) is 14.8. The van der Waals surface area contributed by atoms with Crippen molar-refractivity contribution < 1.29 is 10.2 Å². The third kappa shape index (κ3) is 2.82. The molecular formula is C23H36N4O2. The minimum absolute atomic E-state index is 0.111. The van der Waals surface area contributed by atoms with Crippen molar-refractivity contribution in [3.8, 4) is 0 Å². The Hall–Kier alpha value is -1.40. The van der Waals surface area contributed by atoms with Crippen LogP contribution in [0.5, 0.6) is 0 Å². The van der Waals surface area contributed by atoms with Gasteiger partial charge < -0.3 is 15.2 Å². The van der Waals surface area contributed by atoms with Crippen LogP contribution >= 0.6 is 0 Å². The van der Waals surface area contributed by atoms with Gasteiger partial charge in [-0.1, -0.05) is 13.8 Å². The molecule has 4 N–H and O–H groups in total. The van der Waals surface area contributed by atoms with E-state index in [1.165, 1.54) is 6.42 Å². The van der Waals surface area contributed by atoms with E-state index < -0.39 is 5.60 Å². The molecule has 4 aliphatic carbocycles. The van der Waals surface area contributed by atoms with E-state index in [0.29, 0.717) is 23.7 Å². The molecule has 5 rings (SSSR count). The van der Waals surface area contributed by atoms with E-state index in [9.17, 15) is 10.2 Å². The van der Waals surface area contributed by atoms with Gasteiger partial charge in [0.25, 0.3) is 0 Å². The quantitative estimate of drug-likeness (QED) is 0.457. The van der Waals surface area contributed by atoms with Crippen LogP contribution in [0.2, 0.25) is 0 Å². The fraction of sp³-hybridized carbons (Fsp3) is 0.826. The van der Waals surface area contributed by atoms with Crippen molar-refractivity contribution in [2.45, 2.75) is 83.3 Å². The lowest BCUT2D eigenvalue weighted by atomic mass is 9.43. The van der Waals surface area contributed by atoms with Crippen LogP contribution in [0.3, 0.4) is 0 Å². The van der Waals surface area contributed by atoms with E-state index in [-0.39, 0.29) is 22.9 Å². The Labute approximate surface area is 173 Å². The van der Waals surface area contributed by atoms with Gasteiger partial charge in [0.15, 0.2) is 0 Å². The van der Waals surface area contributed by atoms with Gasteiger partial charge in [0.2, 0.25) is 5.95 Å². The van der Waals surface area contributed by atoms with Crippen LogP contribution in [0, 0.1) is 34.5 Å². The minimum atomic E-state index is -0.596. The first-order valence-electron chi connectivity index (χ1n) is 11.6. The van der Waals surface area contributed by atoms with Crippen LogP contribution < -0.4 is 5.43 Å². The second-order valence-electron chi connectivity index (χ2n) is 10.8. The third-order valence-corrected chi connectivity index (χ3v) is 9.82. The highest BCUT2D eigenvalue weighted by atomic mass is 16.3. The Bertz CT molecular complexity index is 767. The summed E-state index contributed by atoms with van der Waals surface area (Å²) in [6.45, 7) is 4.77. The van der Waals surface area contributed by atoms with Crippen LogP contribution in [0.25, 0.3) is 0 Å². The summed E-state index contributed by atoms with van der Waals surface area (Å²) in [4.78, 5) is 7.15. The van der Waals surface area contributed by atoms with E-state index in [1.807, 2.05) is 6.21 Å². The molecule has 0 unspecified atom stereocenters. The Morgan fingerprint density at radius 1 is 1.14 bits per heavy atom. The predicted molar refractivity (Wildman–Crippen MR) is 113 cm³/mol. The molecule has 0 aromatic carbocycles. The highest BCUT2D eigenvalue weighted by Crippen LogP contribution is 2.68. The monoisotopic (exact) mass is 400 g/mol. The number of aromatic nitrogens is 2. The van der Waals surface area contributed by atoms with Crippen molar-refractivity contribution in [1.29, 1.82) is 0 Å². The molecule has 4 saturated carbocycles. The SMILES string of the molecule is C[C@]12CC[C@H](O)C[C@H]1CC[C@@H]1[C@@H]2CC[C@]2(C)[C@@H](/C=N/Nc3ncc[nH]3)CC[C@]12O. The summed E-state index contributed by atoms with van der Waals surface area (Å²) in [5.41, 5.74) is 2.55. The molecule has 1 aromatic heterocycles. The molecule has 0 spiro atoms. The van der Waals surface area contributed by atoms with Gasteiger partial charge in [-0.05, 0) is 81.0 Å². The van der Waals surface area contributed by atoms with Crippen molar-refractivity contribution in [3.05, 3.63) is 12.4 Å². The average molecular weight is 401 g/mol. The van der Waals surface area contributed by atoms with Gasteiger partial charge in [-0.3, -0.25) is 0 Å². The molecule has 8 atom stereocenters. The molecule has 0 amide bonds. The molecule has 4 aliphatic rings. The van der Waals surface area contributed by atoms with E-state index in [1.54, 1.807) is 12.4 Å². The van der Waals surface area contributed by atoms with E-state index in [4.69, 9.17) is 0 Å². The Morgan fingerprint density at radius 3 is 2.79 bits per heavy atom. The van der Waals surface area contributed by atoms with Gasteiger partial charge in [-0.2, -0.15) is 5.10 Å². The number of hydrogen-bond donors (Lipinski definition) is 4. The molecule has 0 radical (unpaired) electrons. The van der Waals surface area contributed by atoms with E-state index in [0.717, 1.165) is 51.4 Å². The molecule has 29 heavy (non-hydrogen) atoms.